The Morgan fingerprint density at radius 2 is 2.27 bits per heavy atom. The van der Waals surface area contributed by atoms with E-state index in [0.717, 1.165) is 5.69 Å². The molecular formula is C11H14N4. The molecule has 2 rings (SSSR count). The molecule has 4 nitrogen and oxygen atoms in total. The first kappa shape index (κ1) is 9.71. The van der Waals surface area contributed by atoms with Crippen LogP contribution in [0.2, 0.25) is 0 Å². The summed E-state index contributed by atoms with van der Waals surface area (Å²) in [6.07, 6.45) is 7.41. The van der Waals surface area contributed by atoms with Crippen molar-refractivity contribution in [3.05, 3.63) is 42.5 Å². The minimum absolute atomic E-state index is 0.239. The van der Waals surface area contributed by atoms with E-state index < -0.39 is 0 Å². The third-order valence-electron chi connectivity index (χ3n) is 2.27. The van der Waals surface area contributed by atoms with Gasteiger partial charge in [0, 0.05) is 25.6 Å². The predicted octanol–water partition coefficient (Wildman–Crippen LogP) is 1.99. The third kappa shape index (κ3) is 2.34. The van der Waals surface area contributed by atoms with Gasteiger partial charge in [0.15, 0.2) is 0 Å². The van der Waals surface area contributed by atoms with Gasteiger partial charge in [-0.2, -0.15) is 5.10 Å². The Bertz CT molecular complexity index is 421. The number of nitrogens with zero attached hydrogens (tertiary/aromatic N) is 3. The van der Waals surface area contributed by atoms with Crippen LogP contribution in [-0.4, -0.2) is 14.8 Å². The lowest BCUT2D eigenvalue weighted by atomic mass is 10.1. The Hall–Kier alpha value is -1.84. The van der Waals surface area contributed by atoms with Crippen molar-refractivity contribution in [1.82, 2.24) is 14.8 Å². The normalized spacial score (nSPS) is 12.4. The summed E-state index contributed by atoms with van der Waals surface area (Å²) in [6, 6.07) is 4.24. The largest absolute Gasteiger partial charge is 0.376 e. The molecule has 4 heteroatoms. The maximum absolute atomic E-state index is 4.10. The van der Waals surface area contributed by atoms with Crippen LogP contribution in [0.4, 0.5) is 5.69 Å². The first-order valence-corrected chi connectivity index (χ1v) is 4.91. The summed E-state index contributed by atoms with van der Waals surface area (Å²) in [4.78, 5) is 4.09. The highest BCUT2D eigenvalue weighted by Crippen LogP contribution is 2.16. The summed E-state index contributed by atoms with van der Waals surface area (Å²) >= 11 is 0. The molecule has 0 saturated heterocycles. The lowest BCUT2D eigenvalue weighted by Crippen LogP contribution is -2.05. The molecule has 0 spiro atoms. The van der Waals surface area contributed by atoms with Crippen LogP contribution in [-0.2, 0) is 7.05 Å². The van der Waals surface area contributed by atoms with Crippen molar-refractivity contribution in [3.8, 4) is 0 Å². The lowest BCUT2D eigenvalue weighted by molar-refractivity contribution is 0.767. The molecule has 0 aliphatic carbocycles. The molecule has 0 amide bonds. The zero-order valence-electron chi connectivity index (χ0n) is 8.88. The molecule has 0 aromatic carbocycles. The molecule has 0 bridgehead atoms. The maximum Gasteiger partial charge on any atom is 0.0731 e. The van der Waals surface area contributed by atoms with Crippen molar-refractivity contribution >= 4 is 5.69 Å². The molecule has 2 aromatic rings. The van der Waals surface area contributed by atoms with E-state index in [2.05, 4.69) is 28.4 Å². The van der Waals surface area contributed by atoms with E-state index in [-0.39, 0.29) is 6.04 Å². The molecule has 0 fully saturated rings. The summed E-state index contributed by atoms with van der Waals surface area (Å²) < 4.78 is 1.78. The quantitative estimate of drug-likeness (QED) is 0.827. The van der Waals surface area contributed by atoms with Gasteiger partial charge in [0.25, 0.3) is 0 Å². The van der Waals surface area contributed by atoms with Crippen molar-refractivity contribution in [2.24, 2.45) is 7.05 Å². The number of pyridine rings is 1. The van der Waals surface area contributed by atoms with E-state index in [9.17, 15) is 0 Å². The average molecular weight is 202 g/mol. The van der Waals surface area contributed by atoms with Crippen LogP contribution < -0.4 is 5.32 Å². The van der Waals surface area contributed by atoms with Crippen molar-refractivity contribution in [1.29, 1.82) is 0 Å². The summed E-state index contributed by atoms with van der Waals surface area (Å²) in [7, 11) is 1.90. The van der Waals surface area contributed by atoms with Crippen LogP contribution in [0.25, 0.3) is 0 Å². The van der Waals surface area contributed by atoms with E-state index >= 15 is 0 Å². The van der Waals surface area contributed by atoms with Crippen LogP contribution in [0.1, 0.15) is 18.5 Å². The molecular weight excluding hydrogens is 188 g/mol. The second-order valence-corrected chi connectivity index (χ2v) is 3.56. The third-order valence-corrected chi connectivity index (χ3v) is 2.27. The molecule has 2 aromatic heterocycles. The molecule has 1 N–H and O–H groups in total. The molecule has 0 aliphatic heterocycles. The fourth-order valence-electron chi connectivity index (χ4n) is 1.46. The van der Waals surface area contributed by atoms with Crippen LogP contribution in [0.5, 0.6) is 0 Å². The van der Waals surface area contributed by atoms with Gasteiger partial charge in [-0.25, -0.2) is 0 Å². The SMILES string of the molecule is C[C@@H](Nc1cnn(C)c1)c1cccnc1. The monoisotopic (exact) mass is 202 g/mol. The highest BCUT2D eigenvalue weighted by molar-refractivity contribution is 5.40. The summed E-state index contributed by atoms with van der Waals surface area (Å²) in [5, 5.41) is 7.46. The van der Waals surface area contributed by atoms with Crippen molar-refractivity contribution in [2.45, 2.75) is 13.0 Å². The Labute approximate surface area is 89.0 Å². The first-order chi connectivity index (χ1) is 7.25. The number of aromatic nitrogens is 3. The second-order valence-electron chi connectivity index (χ2n) is 3.56. The van der Waals surface area contributed by atoms with Gasteiger partial charge in [0.05, 0.1) is 17.9 Å². The smallest absolute Gasteiger partial charge is 0.0731 e. The molecule has 78 valence electrons. The van der Waals surface area contributed by atoms with E-state index in [4.69, 9.17) is 0 Å². The molecule has 0 saturated carbocycles. The molecule has 0 aliphatic rings. The van der Waals surface area contributed by atoms with Gasteiger partial charge in [-0.3, -0.25) is 9.67 Å². The predicted molar refractivity (Wildman–Crippen MR) is 59.5 cm³/mol. The molecule has 0 radical (unpaired) electrons. The van der Waals surface area contributed by atoms with Crippen molar-refractivity contribution in [2.75, 3.05) is 5.32 Å². The number of hydrogen-bond donors (Lipinski definition) is 1. The van der Waals surface area contributed by atoms with Crippen LogP contribution in [0.3, 0.4) is 0 Å². The number of nitrogens with one attached hydrogen (secondary N) is 1. The highest BCUT2D eigenvalue weighted by atomic mass is 15.3. The summed E-state index contributed by atoms with van der Waals surface area (Å²) in [5.74, 6) is 0. The minimum Gasteiger partial charge on any atom is -0.376 e. The van der Waals surface area contributed by atoms with Crippen molar-refractivity contribution in [3.63, 3.8) is 0 Å². The van der Waals surface area contributed by atoms with Gasteiger partial charge in [-0.15, -0.1) is 0 Å². The number of anilines is 1. The van der Waals surface area contributed by atoms with Gasteiger partial charge in [-0.1, -0.05) is 6.07 Å². The fraction of sp³-hybridized carbons (Fsp3) is 0.273. The lowest BCUT2D eigenvalue weighted by Gasteiger charge is -2.12. The Kier molecular flexibility index (Phi) is 2.67. The van der Waals surface area contributed by atoms with Crippen LogP contribution in [0.15, 0.2) is 36.9 Å². The zero-order valence-corrected chi connectivity index (χ0v) is 8.88. The van der Waals surface area contributed by atoms with E-state index in [1.54, 1.807) is 10.9 Å². The van der Waals surface area contributed by atoms with Crippen LogP contribution >= 0.6 is 0 Å². The molecule has 1 atom stereocenters. The number of aryl methyl sites for hydroxylation is 1. The van der Waals surface area contributed by atoms with Gasteiger partial charge < -0.3 is 5.32 Å². The van der Waals surface area contributed by atoms with E-state index in [0.29, 0.717) is 0 Å². The first-order valence-electron chi connectivity index (χ1n) is 4.91. The van der Waals surface area contributed by atoms with Crippen molar-refractivity contribution < 1.29 is 0 Å². The minimum atomic E-state index is 0.239. The van der Waals surface area contributed by atoms with Crippen LogP contribution in [0, 0.1) is 0 Å². The fourth-order valence-corrected chi connectivity index (χ4v) is 1.46. The summed E-state index contributed by atoms with van der Waals surface area (Å²) in [5.41, 5.74) is 2.19. The Morgan fingerprint density at radius 1 is 1.40 bits per heavy atom. The maximum atomic E-state index is 4.10. The second kappa shape index (κ2) is 4.13. The number of hydrogen-bond acceptors (Lipinski definition) is 3. The summed E-state index contributed by atoms with van der Waals surface area (Å²) in [6.45, 7) is 2.10. The molecule has 15 heavy (non-hydrogen) atoms. The topological polar surface area (TPSA) is 42.7 Å². The average Bonchev–Trinajstić information content (AvgIpc) is 2.65. The van der Waals surface area contributed by atoms with Gasteiger partial charge in [-0.05, 0) is 18.6 Å². The van der Waals surface area contributed by atoms with Gasteiger partial charge >= 0.3 is 0 Å². The molecule has 0 unspecified atom stereocenters. The van der Waals surface area contributed by atoms with E-state index in [1.165, 1.54) is 5.56 Å². The standard InChI is InChI=1S/C11H14N4/c1-9(10-4-3-5-12-6-10)14-11-7-13-15(2)8-11/h3-9,14H,1-2H3/t9-/m1/s1. The molecule has 2 heterocycles. The Balaban J connectivity index is 2.07. The zero-order chi connectivity index (χ0) is 10.7. The van der Waals surface area contributed by atoms with Gasteiger partial charge in [0.1, 0.15) is 0 Å². The van der Waals surface area contributed by atoms with E-state index in [1.807, 2.05) is 31.7 Å². The number of rotatable bonds is 3. The van der Waals surface area contributed by atoms with Gasteiger partial charge in [0.2, 0.25) is 0 Å². The Morgan fingerprint density at radius 3 is 2.87 bits per heavy atom. The highest BCUT2D eigenvalue weighted by Gasteiger charge is 2.05.